The van der Waals surface area contributed by atoms with Gasteiger partial charge in [0.15, 0.2) is 5.78 Å². The highest BCUT2D eigenvalue weighted by molar-refractivity contribution is 6.30. The van der Waals surface area contributed by atoms with Gasteiger partial charge in [-0.3, -0.25) is 4.79 Å². The summed E-state index contributed by atoms with van der Waals surface area (Å²) in [5, 5.41) is 0. The molecule has 1 aromatic carbocycles. The summed E-state index contributed by atoms with van der Waals surface area (Å²) in [4.78, 5) is 11.5. The van der Waals surface area contributed by atoms with Crippen molar-refractivity contribution in [2.24, 2.45) is 0 Å². The number of hydrogen-bond acceptors (Lipinski definition) is 2. The molecule has 0 N–H and O–H groups in total. The Bertz CT molecular complexity index is 347. The number of alkyl halides is 1. The highest BCUT2D eigenvalue weighted by Gasteiger charge is 2.11. The van der Waals surface area contributed by atoms with Crippen LogP contribution in [-0.4, -0.2) is 18.3 Å². The van der Waals surface area contributed by atoms with Crippen molar-refractivity contribution in [3.05, 3.63) is 29.3 Å². The Balaban J connectivity index is 2.97. The molecule has 0 spiro atoms. The van der Waals surface area contributed by atoms with Gasteiger partial charge in [-0.25, -0.2) is 0 Å². The second kappa shape index (κ2) is 5.76. The molecule has 0 amide bonds. The minimum absolute atomic E-state index is 0.00800. The van der Waals surface area contributed by atoms with Crippen LogP contribution in [0.4, 0.5) is 0 Å². The first-order valence-corrected chi connectivity index (χ1v) is 5.55. The number of aryl methyl sites for hydroxylation is 1. The highest BCUT2D eigenvalue weighted by Crippen LogP contribution is 2.21. The Morgan fingerprint density at radius 3 is 2.80 bits per heavy atom. The molecule has 0 atom stereocenters. The van der Waals surface area contributed by atoms with Gasteiger partial charge >= 0.3 is 0 Å². The molecule has 2 nitrogen and oxygen atoms in total. The molecule has 0 radical (unpaired) electrons. The minimum Gasteiger partial charge on any atom is -0.493 e. The van der Waals surface area contributed by atoms with E-state index in [0.717, 1.165) is 12.0 Å². The van der Waals surface area contributed by atoms with Crippen molar-refractivity contribution in [1.82, 2.24) is 0 Å². The first-order valence-electron chi connectivity index (χ1n) is 5.01. The van der Waals surface area contributed by atoms with E-state index in [1.807, 2.05) is 32.0 Å². The van der Waals surface area contributed by atoms with Crippen LogP contribution in [0.1, 0.15) is 29.3 Å². The standard InChI is InChI=1S/C12H15ClO2/c1-3-6-15-12-5-4-9(2)7-10(12)11(14)8-13/h4-5,7H,3,6,8H2,1-2H3. The van der Waals surface area contributed by atoms with E-state index in [9.17, 15) is 4.79 Å². The largest absolute Gasteiger partial charge is 0.493 e. The van der Waals surface area contributed by atoms with E-state index in [-0.39, 0.29) is 11.7 Å². The second-order valence-corrected chi connectivity index (χ2v) is 3.67. The average molecular weight is 227 g/mol. The summed E-state index contributed by atoms with van der Waals surface area (Å²) < 4.78 is 5.48. The zero-order valence-electron chi connectivity index (χ0n) is 9.05. The minimum atomic E-state index is -0.0912. The predicted molar refractivity (Wildman–Crippen MR) is 62.0 cm³/mol. The van der Waals surface area contributed by atoms with Crippen molar-refractivity contribution in [3.63, 3.8) is 0 Å². The topological polar surface area (TPSA) is 26.3 Å². The molecule has 1 rings (SSSR count). The first kappa shape index (κ1) is 12.1. The van der Waals surface area contributed by atoms with Crippen molar-refractivity contribution in [3.8, 4) is 5.75 Å². The maximum atomic E-state index is 11.5. The Kier molecular flexibility index (Phi) is 4.63. The van der Waals surface area contributed by atoms with Gasteiger partial charge in [-0.15, -0.1) is 11.6 Å². The van der Waals surface area contributed by atoms with E-state index >= 15 is 0 Å². The van der Waals surface area contributed by atoms with Crippen LogP contribution in [0.2, 0.25) is 0 Å². The van der Waals surface area contributed by atoms with Gasteiger partial charge in [-0.05, 0) is 25.5 Å². The molecular weight excluding hydrogens is 212 g/mol. The van der Waals surface area contributed by atoms with Gasteiger partial charge in [-0.1, -0.05) is 18.6 Å². The molecule has 1 aromatic rings. The van der Waals surface area contributed by atoms with Gasteiger partial charge in [0, 0.05) is 0 Å². The van der Waals surface area contributed by atoms with E-state index in [1.54, 1.807) is 0 Å². The fourth-order valence-corrected chi connectivity index (χ4v) is 1.42. The molecule has 0 unspecified atom stereocenters. The lowest BCUT2D eigenvalue weighted by atomic mass is 10.1. The van der Waals surface area contributed by atoms with E-state index < -0.39 is 0 Å². The number of halogens is 1. The van der Waals surface area contributed by atoms with Crippen LogP contribution in [-0.2, 0) is 0 Å². The fourth-order valence-electron chi connectivity index (χ4n) is 1.27. The van der Waals surface area contributed by atoms with Gasteiger partial charge in [0.2, 0.25) is 0 Å². The number of hydrogen-bond donors (Lipinski definition) is 0. The number of ether oxygens (including phenoxy) is 1. The molecule has 0 aliphatic carbocycles. The van der Waals surface area contributed by atoms with Crippen molar-refractivity contribution >= 4 is 17.4 Å². The number of benzene rings is 1. The van der Waals surface area contributed by atoms with Gasteiger partial charge < -0.3 is 4.74 Å². The Hall–Kier alpha value is -1.02. The Morgan fingerprint density at radius 1 is 1.47 bits per heavy atom. The zero-order valence-corrected chi connectivity index (χ0v) is 9.80. The maximum Gasteiger partial charge on any atom is 0.181 e. The van der Waals surface area contributed by atoms with Crippen molar-refractivity contribution in [2.75, 3.05) is 12.5 Å². The highest BCUT2D eigenvalue weighted by atomic mass is 35.5. The van der Waals surface area contributed by atoms with Crippen LogP contribution in [0.25, 0.3) is 0 Å². The molecule has 0 fully saturated rings. The number of carbonyl (C=O) groups is 1. The quantitative estimate of drug-likeness (QED) is 0.569. The van der Waals surface area contributed by atoms with Crippen LogP contribution in [0.15, 0.2) is 18.2 Å². The summed E-state index contributed by atoms with van der Waals surface area (Å²) in [6.07, 6.45) is 0.919. The smallest absolute Gasteiger partial charge is 0.181 e. The molecule has 15 heavy (non-hydrogen) atoms. The molecule has 0 aliphatic rings. The monoisotopic (exact) mass is 226 g/mol. The van der Waals surface area contributed by atoms with Crippen molar-refractivity contribution in [2.45, 2.75) is 20.3 Å². The fraction of sp³-hybridized carbons (Fsp3) is 0.417. The number of rotatable bonds is 5. The van der Waals surface area contributed by atoms with Crippen LogP contribution in [0, 0.1) is 6.92 Å². The predicted octanol–water partition coefficient (Wildman–Crippen LogP) is 3.21. The molecule has 0 aromatic heterocycles. The summed E-state index contributed by atoms with van der Waals surface area (Å²) in [6.45, 7) is 4.58. The van der Waals surface area contributed by atoms with Crippen LogP contribution in [0.3, 0.4) is 0 Å². The van der Waals surface area contributed by atoms with Crippen molar-refractivity contribution < 1.29 is 9.53 Å². The van der Waals surface area contributed by atoms with Crippen LogP contribution in [0.5, 0.6) is 5.75 Å². The summed E-state index contributed by atoms with van der Waals surface area (Å²) in [5.41, 5.74) is 1.62. The molecule has 0 heterocycles. The lowest BCUT2D eigenvalue weighted by molar-refractivity contribution is 0.101. The molecule has 0 bridgehead atoms. The number of carbonyl (C=O) groups excluding carboxylic acids is 1. The summed E-state index contributed by atoms with van der Waals surface area (Å²) in [7, 11) is 0. The summed E-state index contributed by atoms with van der Waals surface area (Å²) in [6, 6.07) is 5.57. The molecular formula is C12H15ClO2. The van der Waals surface area contributed by atoms with E-state index in [1.165, 1.54) is 0 Å². The van der Waals surface area contributed by atoms with Gasteiger partial charge in [0.25, 0.3) is 0 Å². The number of Topliss-reactive ketones (excluding diaryl/α,β-unsaturated/α-hetero) is 1. The summed E-state index contributed by atoms with van der Waals surface area (Å²) in [5.74, 6) is 0.533. The molecule has 0 aliphatic heterocycles. The van der Waals surface area contributed by atoms with Gasteiger partial charge in [0.1, 0.15) is 5.75 Å². The average Bonchev–Trinajstić information content (AvgIpc) is 2.26. The summed E-state index contributed by atoms with van der Waals surface area (Å²) >= 11 is 5.54. The molecule has 0 saturated carbocycles. The van der Waals surface area contributed by atoms with E-state index in [2.05, 4.69) is 0 Å². The van der Waals surface area contributed by atoms with Crippen LogP contribution >= 0.6 is 11.6 Å². The Labute approximate surface area is 95.2 Å². The normalized spacial score (nSPS) is 10.1. The molecule has 0 saturated heterocycles. The zero-order chi connectivity index (χ0) is 11.3. The number of ketones is 1. The SMILES string of the molecule is CCCOc1ccc(C)cc1C(=O)CCl. The lowest BCUT2D eigenvalue weighted by Crippen LogP contribution is -2.06. The molecule has 3 heteroatoms. The third-order valence-electron chi connectivity index (χ3n) is 2.02. The first-order chi connectivity index (χ1) is 7.19. The van der Waals surface area contributed by atoms with E-state index in [0.29, 0.717) is 17.9 Å². The third-order valence-corrected chi connectivity index (χ3v) is 2.26. The lowest BCUT2D eigenvalue weighted by Gasteiger charge is -2.09. The Morgan fingerprint density at radius 2 is 2.20 bits per heavy atom. The van der Waals surface area contributed by atoms with Gasteiger partial charge in [-0.2, -0.15) is 0 Å². The van der Waals surface area contributed by atoms with Gasteiger partial charge in [0.05, 0.1) is 18.1 Å². The van der Waals surface area contributed by atoms with Crippen LogP contribution < -0.4 is 4.74 Å². The van der Waals surface area contributed by atoms with Crippen molar-refractivity contribution in [1.29, 1.82) is 0 Å². The van der Waals surface area contributed by atoms with E-state index in [4.69, 9.17) is 16.3 Å². The second-order valence-electron chi connectivity index (χ2n) is 3.40. The maximum absolute atomic E-state index is 11.5. The third kappa shape index (κ3) is 3.24. The molecule has 82 valence electrons.